The van der Waals surface area contributed by atoms with Crippen molar-refractivity contribution in [3.63, 3.8) is 0 Å². The number of carbonyl (C=O) groups is 2. The van der Waals surface area contributed by atoms with E-state index < -0.39 is 0 Å². The molecule has 0 aliphatic rings. The molecule has 0 unspecified atom stereocenters. The van der Waals surface area contributed by atoms with E-state index in [1.807, 2.05) is 50.2 Å². The van der Waals surface area contributed by atoms with Crippen LogP contribution >= 0.6 is 11.3 Å². The van der Waals surface area contributed by atoms with E-state index in [-0.39, 0.29) is 24.4 Å². The quantitative estimate of drug-likeness (QED) is 0.750. The molecule has 26 heavy (non-hydrogen) atoms. The molecule has 134 valence electrons. The van der Waals surface area contributed by atoms with Crippen molar-refractivity contribution in [3.05, 3.63) is 64.7 Å². The predicted molar refractivity (Wildman–Crippen MR) is 104 cm³/mol. The molecule has 0 saturated carbocycles. The number of rotatable bonds is 5. The zero-order valence-electron chi connectivity index (χ0n) is 15.0. The highest BCUT2D eigenvalue weighted by molar-refractivity contribution is 7.18. The minimum atomic E-state index is -0.247. The van der Waals surface area contributed by atoms with Gasteiger partial charge in [0.2, 0.25) is 5.91 Å². The average Bonchev–Trinajstić information content (AvgIpc) is 3.08. The zero-order chi connectivity index (χ0) is 18.7. The Balaban J connectivity index is 1.62. The molecule has 3 rings (SSSR count). The number of para-hydroxylation sites is 1. The van der Waals surface area contributed by atoms with Gasteiger partial charge >= 0.3 is 0 Å². The van der Waals surface area contributed by atoms with Crippen LogP contribution in [0, 0.1) is 6.92 Å². The van der Waals surface area contributed by atoms with E-state index in [9.17, 15) is 9.59 Å². The van der Waals surface area contributed by atoms with Crippen LogP contribution in [0.25, 0.3) is 10.2 Å². The topological polar surface area (TPSA) is 62.3 Å². The van der Waals surface area contributed by atoms with Gasteiger partial charge in [-0.1, -0.05) is 29.8 Å². The Bertz CT molecular complexity index is 918. The van der Waals surface area contributed by atoms with Crippen LogP contribution in [0.2, 0.25) is 0 Å². The molecule has 0 radical (unpaired) electrons. The molecule has 0 aliphatic heterocycles. The van der Waals surface area contributed by atoms with Gasteiger partial charge < -0.3 is 10.2 Å². The van der Waals surface area contributed by atoms with E-state index in [2.05, 4.69) is 10.3 Å². The molecule has 1 aromatic heterocycles. The Labute approximate surface area is 156 Å². The number of nitrogens with one attached hydrogen (secondary N) is 1. The third kappa shape index (κ3) is 3.91. The number of nitrogens with zero attached hydrogens (tertiary/aromatic N) is 2. The second kappa shape index (κ2) is 7.66. The number of benzene rings is 2. The van der Waals surface area contributed by atoms with E-state index in [4.69, 9.17) is 0 Å². The number of carbonyl (C=O) groups excluding carboxylic acids is 2. The van der Waals surface area contributed by atoms with Gasteiger partial charge in [-0.2, -0.15) is 0 Å². The Morgan fingerprint density at radius 3 is 2.69 bits per heavy atom. The molecule has 2 amide bonds. The van der Waals surface area contributed by atoms with Gasteiger partial charge in [0.15, 0.2) is 0 Å². The predicted octanol–water partition coefficient (Wildman–Crippen LogP) is 3.55. The average molecular weight is 367 g/mol. The number of fused-ring (bicyclic) bond motifs is 1. The first-order valence-corrected chi connectivity index (χ1v) is 9.23. The van der Waals surface area contributed by atoms with Crippen LogP contribution in [0.1, 0.15) is 33.9 Å². The van der Waals surface area contributed by atoms with Crippen LogP contribution in [0.4, 0.5) is 0 Å². The van der Waals surface area contributed by atoms with Gasteiger partial charge in [0.1, 0.15) is 5.01 Å². The highest BCUT2D eigenvalue weighted by atomic mass is 32.1. The van der Waals surface area contributed by atoms with Crippen LogP contribution in [-0.2, 0) is 4.79 Å². The molecule has 0 aliphatic carbocycles. The molecule has 0 fully saturated rings. The Hall–Kier alpha value is -2.73. The lowest BCUT2D eigenvalue weighted by molar-refractivity contribution is -0.130. The number of aromatic nitrogens is 1. The summed E-state index contributed by atoms with van der Waals surface area (Å²) < 4.78 is 1.10. The van der Waals surface area contributed by atoms with Gasteiger partial charge in [0.05, 0.1) is 22.8 Å². The van der Waals surface area contributed by atoms with Crippen LogP contribution in [0.5, 0.6) is 0 Å². The SMILES string of the molecule is Cc1cccc(C(=O)NCC(=O)N(C)[C@@H](C)c2nc3ccccc3s2)c1. The number of aryl methyl sites for hydroxylation is 1. The van der Waals surface area contributed by atoms with E-state index in [1.165, 1.54) is 0 Å². The van der Waals surface area contributed by atoms with E-state index in [0.717, 1.165) is 20.8 Å². The summed E-state index contributed by atoms with van der Waals surface area (Å²) in [5.74, 6) is -0.402. The van der Waals surface area contributed by atoms with E-state index in [0.29, 0.717) is 5.56 Å². The Morgan fingerprint density at radius 2 is 1.96 bits per heavy atom. The van der Waals surface area contributed by atoms with Gasteiger partial charge in [-0.15, -0.1) is 11.3 Å². The lowest BCUT2D eigenvalue weighted by Gasteiger charge is -2.23. The summed E-state index contributed by atoms with van der Waals surface area (Å²) in [6, 6.07) is 15.0. The summed E-state index contributed by atoms with van der Waals surface area (Å²) >= 11 is 1.58. The smallest absolute Gasteiger partial charge is 0.251 e. The first-order chi connectivity index (χ1) is 12.5. The van der Waals surface area contributed by atoms with Gasteiger partial charge in [0, 0.05) is 12.6 Å². The fraction of sp³-hybridized carbons (Fsp3) is 0.250. The maximum Gasteiger partial charge on any atom is 0.251 e. The standard InChI is InChI=1S/C20H21N3O2S/c1-13-7-6-8-15(11-13)19(25)21-12-18(24)23(3)14(2)20-22-16-9-4-5-10-17(16)26-20/h4-11,14H,12H2,1-3H3,(H,21,25)/t14-/m0/s1. The van der Waals surface area contributed by atoms with Crippen molar-refractivity contribution in [2.24, 2.45) is 0 Å². The summed E-state index contributed by atoms with van der Waals surface area (Å²) in [6.45, 7) is 3.83. The fourth-order valence-corrected chi connectivity index (χ4v) is 3.68. The fourth-order valence-electron chi connectivity index (χ4n) is 2.62. The molecule has 5 nitrogen and oxygen atoms in total. The van der Waals surface area contributed by atoms with Gasteiger partial charge in [-0.3, -0.25) is 9.59 Å². The lowest BCUT2D eigenvalue weighted by atomic mass is 10.1. The molecule has 0 bridgehead atoms. The molecule has 0 saturated heterocycles. The highest BCUT2D eigenvalue weighted by Crippen LogP contribution is 2.28. The number of hydrogen-bond donors (Lipinski definition) is 1. The normalized spacial score (nSPS) is 12.0. The number of thiazole rings is 1. The molecule has 0 spiro atoms. The molecule has 2 aromatic carbocycles. The van der Waals surface area contributed by atoms with Crippen LogP contribution in [0.3, 0.4) is 0 Å². The summed E-state index contributed by atoms with van der Waals surface area (Å²) in [5.41, 5.74) is 2.50. The number of likely N-dealkylation sites (N-methyl/N-ethyl adjacent to an activating group) is 1. The minimum Gasteiger partial charge on any atom is -0.343 e. The summed E-state index contributed by atoms with van der Waals surface area (Å²) in [4.78, 5) is 30.9. The molecule has 1 N–H and O–H groups in total. The minimum absolute atomic E-state index is 0.0431. The first kappa shape index (κ1) is 18.1. The van der Waals surface area contributed by atoms with Crippen LogP contribution < -0.4 is 5.32 Å². The molecule has 1 atom stereocenters. The Morgan fingerprint density at radius 1 is 1.19 bits per heavy atom. The molecular formula is C20H21N3O2S. The van der Waals surface area contributed by atoms with Crippen molar-refractivity contribution in [3.8, 4) is 0 Å². The van der Waals surface area contributed by atoms with Crippen molar-refractivity contribution in [1.29, 1.82) is 0 Å². The van der Waals surface area contributed by atoms with E-state index >= 15 is 0 Å². The summed E-state index contributed by atoms with van der Waals surface area (Å²) in [5, 5.41) is 3.57. The van der Waals surface area contributed by atoms with Crippen LogP contribution in [0.15, 0.2) is 48.5 Å². The van der Waals surface area contributed by atoms with Crippen LogP contribution in [-0.4, -0.2) is 35.3 Å². The van der Waals surface area contributed by atoms with Crippen molar-refractivity contribution >= 4 is 33.4 Å². The van der Waals surface area contributed by atoms with Crippen molar-refractivity contribution in [2.75, 3.05) is 13.6 Å². The van der Waals surface area contributed by atoms with E-state index in [1.54, 1.807) is 35.4 Å². The summed E-state index contributed by atoms with van der Waals surface area (Å²) in [6.07, 6.45) is 0. The van der Waals surface area contributed by atoms with Gasteiger partial charge in [-0.25, -0.2) is 4.98 Å². The van der Waals surface area contributed by atoms with Gasteiger partial charge in [-0.05, 0) is 38.1 Å². The highest BCUT2D eigenvalue weighted by Gasteiger charge is 2.21. The number of amides is 2. The third-order valence-corrected chi connectivity index (χ3v) is 5.53. The maximum absolute atomic E-state index is 12.5. The second-order valence-electron chi connectivity index (χ2n) is 6.25. The first-order valence-electron chi connectivity index (χ1n) is 8.41. The zero-order valence-corrected chi connectivity index (χ0v) is 15.8. The van der Waals surface area contributed by atoms with Gasteiger partial charge in [0.25, 0.3) is 5.91 Å². The molecular weight excluding hydrogens is 346 g/mol. The largest absolute Gasteiger partial charge is 0.343 e. The summed E-state index contributed by atoms with van der Waals surface area (Å²) in [7, 11) is 1.73. The molecule has 3 aromatic rings. The van der Waals surface area contributed by atoms with Crippen molar-refractivity contribution < 1.29 is 9.59 Å². The second-order valence-corrected chi connectivity index (χ2v) is 7.31. The maximum atomic E-state index is 12.5. The van der Waals surface area contributed by atoms with Crippen molar-refractivity contribution in [1.82, 2.24) is 15.2 Å². The lowest BCUT2D eigenvalue weighted by Crippen LogP contribution is -2.39. The van der Waals surface area contributed by atoms with Crippen molar-refractivity contribution in [2.45, 2.75) is 19.9 Å². The molecule has 6 heteroatoms. The Kier molecular flexibility index (Phi) is 5.32. The third-order valence-electron chi connectivity index (χ3n) is 4.32. The monoisotopic (exact) mass is 367 g/mol. The molecule has 1 heterocycles. The number of hydrogen-bond acceptors (Lipinski definition) is 4.